The summed E-state index contributed by atoms with van der Waals surface area (Å²) < 4.78 is 32.9. The van der Waals surface area contributed by atoms with Gasteiger partial charge in [0.05, 0.1) is 5.57 Å². The minimum atomic E-state index is -3.62. The van der Waals surface area contributed by atoms with E-state index in [1.807, 2.05) is 0 Å². The molecule has 4 rings (SSSR count). The number of hydrogen-bond donors (Lipinski definition) is 1. The highest BCUT2D eigenvalue weighted by Crippen LogP contribution is 2.33. The summed E-state index contributed by atoms with van der Waals surface area (Å²) in [5.74, 6) is -0.880. The summed E-state index contributed by atoms with van der Waals surface area (Å²) in [6, 6.07) is 9.86. The van der Waals surface area contributed by atoms with Crippen molar-refractivity contribution in [3.63, 3.8) is 0 Å². The molecular weight excluding hydrogens is 464 g/mol. The number of ether oxygens (including phenoxy) is 1. The van der Waals surface area contributed by atoms with Gasteiger partial charge in [-0.15, -0.1) is 11.3 Å². The molecule has 0 aliphatic carbocycles. The maximum atomic E-state index is 12.8. The van der Waals surface area contributed by atoms with Crippen LogP contribution in [-0.2, 0) is 19.6 Å². The van der Waals surface area contributed by atoms with Crippen LogP contribution < -0.4 is 4.74 Å². The Bertz CT molecular complexity index is 1160. The van der Waals surface area contributed by atoms with Crippen LogP contribution in [0.2, 0.25) is 0 Å². The Balaban J connectivity index is 1.57. The number of hydrogen-bond acceptors (Lipinski definition) is 6. The summed E-state index contributed by atoms with van der Waals surface area (Å²) in [6.45, 7) is 2.31. The molecule has 176 valence electrons. The first kappa shape index (κ1) is 23.5. The lowest BCUT2D eigenvalue weighted by atomic mass is 10.1. The van der Waals surface area contributed by atoms with Crippen molar-refractivity contribution in [1.82, 2.24) is 9.21 Å². The minimum Gasteiger partial charge on any atom is -0.483 e. The fourth-order valence-corrected chi connectivity index (χ4v) is 6.97. The number of carboxylic acids is 1. The van der Waals surface area contributed by atoms with Gasteiger partial charge in [-0.2, -0.15) is 4.31 Å². The maximum Gasteiger partial charge on any atom is 0.337 e. The number of rotatable bonds is 8. The molecule has 0 atom stereocenters. The molecule has 33 heavy (non-hydrogen) atoms. The molecule has 1 aromatic heterocycles. The SMILES string of the molecule is O=C(O)/C(=C\c1ccccc1OCC(=O)N1CCCC1)c1ccc(S(=O)(=O)N2CCCC2)s1. The van der Waals surface area contributed by atoms with Crippen molar-refractivity contribution >= 4 is 44.9 Å². The van der Waals surface area contributed by atoms with Gasteiger partial charge in [0.15, 0.2) is 6.61 Å². The molecule has 0 unspecified atom stereocenters. The third-order valence-corrected chi connectivity index (χ3v) is 9.25. The summed E-state index contributed by atoms with van der Waals surface area (Å²) in [7, 11) is -3.62. The molecule has 0 bridgehead atoms. The number of carbonyl (C=O) groups is 2. The number of thiophene rings is 1. The number of amides is 1. The molecule has 2 fully saturated rings. The van der Waals surface area contributed by atoms with Crippen LogP contribution in [0.25, 0.3) is 11.6 Å². The Hall–Kier alpha value is -2.69. The van der Waals surface area contributed by atoms with E-state index in [1.54, 1.807) is 29.2 Å². The van der Waals surface area contributed by atoms with Gasteiger partial charge < -0.3 is 14.7 Å². The van der Waals surface area contributed by atoms with E-state index in [4.69, 9.17) is 4.74 Å². The number of carboxylic acid groups (broad SMARTS) is 1. The lowest BCUT2D eigenvalue weighted by Gasteiger charge is -2.16. The first-order chi connectivity index (χ1) is 15.9. The largest absolute Gasteiger partial charge is 0.483 e. The van der Waals surface area contributed by atoms with Crippen LogP contribution in [-0.4, -0.2) is 67.4 Å². The number of likely N-dealkylation sites (tertiary alicyclic amines) is 1. The zero-order valence-electron chi connectivity index (χ0n) is 18.1. The monoisotopic (exact) mass is 490 g/mol. The molecule has 1 amide bonds. The van der Waals surface area contributed by atoms with Crippen LogP contribution in [0.5, 0.6) is 5.75 Å². The van der Waals surface area contributed by atoms with Crippen LogP contribution in [0.1, 0.15) is 36.1 Å². The van der Waals surface area contributed by atoms with Gasteiger partial charge in [0.25, 0.3) is 15.9 Å². The predicted octanol–water partition coefficient (Wildman–Crippen LogP) is 3.16. The molecule has 2 aromatic rings. The Morgan fingerprint density at radius 1 is 1.00 bits per heavy atom. The van der Waals surface area contributed by atoms with Crippen molar-refractivity contribution in [2.45, 2.75) is 29.9 Å². The van der Waals surface area contributed by atoms with Gasteiger partial charge in [-0.25, -0.2) is 13.2 Å². The standard InChI is InChI=1S/C23H26N2O6S2/c26-21(24-11-3-4-12-24)16-31-19-8-2-1-7-17(19)15-18(23(27)28)20-9-10-22(32-20)33(29,30)25-13-5-6-14-25/h1-2,7-10,15H,3-6,11-14,16H2,(H,27,28)/b18-15-. The third kappa shape index (κ3) is 5.29. The van der Waals surface area contributed by atoms with Gasteiger partial charge in [-0.05, 0) is 50.0 Å². The predicted molar refractivity (Wildman–Crippen MR) is 126 cm³/mol. The molecule has 2 aliphatic heterocycles. The molecule has 2 saturated heterocycles. The molecule has 2 aliphatic rings. The topological polar surface area (TPSA) is 104 Å². The number of nitrogens with zero attached hydrogens (tertiary/aromatic N) is 2. The zero-order valence-corrected chi connectivity index (χ0v) is 19.7. The molecular formula is C23H26N2O6S2. The quantitative estimate of drug-likeness (QED) is 0.570. The Labute approximate surface area is 197 Å². The van der Waals surface area contributed by atoms with Gasteiger partial charge in [0, 0.05) is 36.6 Å². The van der Waals surface area contributed by atoms with Crippen molar-refractivity contribution in [3.8, 4) is 5.75 Å². The highest BCUT2D eigenvalue weighted by molar-refractivity contribution is 7.91. The van der Waals surface area contributed by atoms with E-state index in [9.17, 15) is 23.1 Å². The summed E-state index contributed by atoms with van der Waals surface area (Å²) in [6.07, 6.45) is 5.09. The number of para-hydroxylation sites is 1. The van der Waals surface area contributed by atoms with Gasteiger partial charge in [0.2, 0.25) is 0 Å². The molecule has 10 heteroatoms. The number of aliphatic carboxylic acids is 1. The molecule has 1 aromatic carbocycles. The number of carbonyl (C=O) groups excluding carboxylic acids is 1. The average Bonchev–Trinajstić information content (AvgIpc) is 3.58. The summed E-state index contributed by atoms with van der Waals surface area (Å²) >= 11 is 0.943. The van der Waals surface area contributed by atoms with Crippen LogP contribution in [0, 0.1) is 0 Å². The van der Waals surface area contributed by atoms with Crippen molar-refractivity contribution in [2.75, 3.05) is 32.8 Å². The second kappa shape index (κ2) is 10.1. The summed E-state index contributed by atoms with van der Waals surface area (Å²) in [5.41, 5.74) is 0.464. The van der Waals surface area contributed by atoms with Crippen molar-refractivity contribution in [1.29, 1.82) is 0 Å². The smallest absolute Gasteiger partial charge is 0.337 e. The normalized spacial score (nSPS) is 17.5. The van der Waals surface area contributed by atoms with E-state index < -0.39 is 16.0 Å². The zero-order chi connectivity index (χ0) is 23.4. The van der Waals surface area contributed by atoms with E-state index in [2.05, 4.69) is 0 Å². The Kier molecular flexibility index (Phi) is 7.16. The van der Waals surface area contributed by atoms with E-state index in [-0.39, 0.29) is 22.3 Å². The van der Waals surface area contributed by atoms with Gasteiger partial charge in [0.1, 0.15) is 9.96 Å². The fourth-order valence-electron chi connectivity index (χ4n) is 3.98. The van der Waals surface area contributed by atoms with Crippen molar-refractivity contribution < 1.29 is 27.9 Å². The first-order valence-corrected chi connectivity index (χ1v) is 13.2. The molecule has 8 nitrogen and oxygen atoms in total. The molecule has 3 heterocycles. The van der Waals surface area contributed by atoms with Crippen molar-refractivity contribution in [3.05, 3.63) is 46.8 Å². The summed E-state index contributed by atoms with van der Waals surface area (Å²) in [5, 5.41) is 9.84. The van der Waals surface area contributed by atoms with Gasteiger partial charge in [-0.3, -0.25) is 4.79 Å². The summed E-state index contributed by atoms with van der Waals surface area (Å²) in [4.78, 5) is 26.5. The lowest BCUT2D eigenvalue weighted by molar-refractivity contribution is -0.132. The van der Waals surface area contributed by atoms with E-state index >= 15 is 0 Å². The lowest BCUT2D eigenvalue weighted by Crippen LogP contribution is -2.32. The third-order valence-electron chi connectivity index (χ3n) is 5.77. The van der Waals surface area contributed by atoms with Crippen LogP contribution in [0.3, 0.4) is 0 Å². The number of benzene rings is 1. The Morgan fingerprint density at radius 2 is 1.67 bits per heavy atom. The van der Waals surface area contributed by atoms with Gasteiger partial charge in [-0.1, -0.05) is 18.2 Å². The van der Waals surface area contributed by atoms with Crippen LogP contribution in [0.15, 0.2) is 40.6 Å². The first-order valence-electron chi connectivity index (χ1n) is 10.9. The minimum absolute atomic E-state index is 0.0372. The van der Waals surface area contributed by atoms with Gasteiger partial charge >= 0.3 is 5.97 Å². The van der Waals surface area contributed by atoms with E-state index in [0.717, 1.165) is 50.1 Å². The van der Waals surface area contributed by atoms with Crippen LogP contribution >= 0.6 is 11.3 Å². The average molecular weight is 491 g/mol. The molecule has 0 saturated carbocycles. The number of sulfonamides is 1. The van der Waals surface area contributed by atoms with Crippen molar-refractivity contribution in [2.24, 2.45) is 0 Å². The van der Waals surface area contributed by atoms with Crippen LogP contribution in [0.4, 0.5) is 0 Å². The maximum absolute atomic E-state index is 12.8. The van der Waals surface area contributed by atoms with E-state index in [0.29, 0.717) is 29.3 Å². The highest BCUT2D eigenvalue weighted by atomic mass is 32.2. The molecule has 0 spiro atoms. The fraction of sp³-hybridized carbons (Fsp3) is 0.391. The molecule has 0 radical (unpaired) electrons. The second-order valence-corrected chi connectivity index (χ2v) is 11.3. The molecule has 1 N–H and O–H groups in total. The highest BCUT2D eigenvalue weighted by Gasteiger charge is 2.29. The Morgan fingerprint density at radius 3 is 2.36 bits per heavy atom. The van der Waals surface area contributed by atoms with E-state index in [1.165, 1.54) is 22.5 Å². The second-order valence-electron chi connectivity index (χ2n) is 8.01.